The fraction of sp³-hybridized carbons (Fsp3) is 0.318. The number of nitrogens with one attached hydrogen (secondary N) is 2. The molecule has 8 nitrogen and oxygen atoms in total. The summed E-state index contributed by atoms with van der Waals surface area (Å²) in [4.78, 5) is 35.8. The molecule has 30 heavy (non-hydrogen) atoms. The van der Waals surface area contributed by atoms with Crippen LogP contribution >= 0.6 is 0 Å². The van der Waals surface area contributed by atoms with Gasteiger partial charge in [0.15, 0.2) is 0 Å². The molecule has 2 aromatic rings. The van der Waals surface area contributed by atoms with E-state index < -0.39 is 29.6 Å². The van der Waals surface area contributed by atoms with Crippen molar-refractivity contribution < 1.29 is 23.9 Å². The third-order valence-electron chi connectivity index (χ3n) is 3.79. The fourth-order valence-corrected chi connectivity index (χ4v) is 2.47. The lowest BCUT2D eigenvalue weighted by molar-refractivity contribution is -0.119. The molecule has 4 N–H and O–H groups in total. The number of carbonyl (C=O) groups is 3. The Morgan fingerprint density at radius 2 is 1.57 bits per heavy atom. The van der Waals surface area contributed by atoms with E-state index in [-0.39, 0.29) is 12.8 Å². The number of hydrogen-bond acceptors (Lipinski definition) is 5. The van der Waals surface area contributed by atoms with Crippen LogP contribution in [0.5, 0.6) is 11.5 Å². The van der Waals surface area contributed by atoms with Crippen LogP contribution in [0.3, 0.4) is 0 Å². The van der Waals surface area contributed by atoms with Gasteiger partial charge in [-0.2, -0.15) is 0 Å². The van der Waals surface area contributed by atoms with Crippen LogP contribution in [0.25, 0.3) is 0 Å². The van der Waals surface area contributed by atoms with E-state index in [0.29, 0.717) is 17.2 Å². The minimum atomic E-state index is -0.979. The van der Waals surface area contributed by atoms with E-state index in [4.69, 9.17) is 15.2 Å². The van der Waals surface area contributed by atoms with Crippen LogP contribution in [-0.2, 0) is 14.3 Å². The Hall–Kier alpha value is -3.55. The first kappa shape index (κ1) is 22.7. The zero-order chi connectivity index (χ0) is 22.1. The van der Waals surface area contributed by atoms with Gasteiger partial charge in [-0.25, -0.2) is 4.79 Å². The molecule has 0 spiro atoms. The zero-order valence-corrected chi connectivity index (χ0v) is 17.3. The minimum Gasteiger partial charge on any atom is -0.457 e. The number of para-hydroxylation sites is 1. The first-order valence-electron chi connectivity index (χ1n) is 9.54. The highest BCUT2D eigenvalue weighted by Gasteiger charge is 2.25. The summed E-state index contributed by atoms with van der Waals surface area (Å²) in [5, 5.41) is 5.20. The Morgan fingerprint density at radius 1 is 0.967 bits per heavy atom. The maximum atomic E-state index is 12.6. The van der Waals surface area contributed by atoms with Crippen LogP contribution in [0.2, 0.25) is 0 Å². The molecule has 160 valence electrons. The van der Waals surface area contributed by atoms with Crippen molar-refractivity contribution >= 4 is 23.6 Å². The maximum absolute atomic E-state index is 12.6. The minimum absolute atomic E-state index is 0.0512. The monoisotopic (exact) mass is 413 g/mol. The maximum Gasteiger partial charge on any atom is 0.408 e. The quantitative estimate of drug-likeness (QED) is 0.611. The first-order valence-corrected chi connectivity index (χ1v) is 9.54. The van der Waals surface area contributed by atoms with Gasteiger partial charge in [-0.3, -0.25) is 9.59 Å². The highest BCUT2D eigenvalue weighted by molar-refractivity contribution is 5.96. The van der Waals surface area contributed by atoms with Gasteiger partial charge in [0.05, 0.1) is 0 Å². The third kappa shape index (κ3) is 8.22. The first-order chi connectivity index (χ1) is 14.1. The van der Waals surface area contributed by atoms with Gasteiger partial charge in [-0.15, -0.1) is 0 Å². The molecule has 0 aliphatic rings. The lowest BCUT2D eigenvalue weighted by Gasteiger charge is -2.23. The number of carbonyl (C=O) groups excluding carboxylic acids is 3. The zero-order valence-electron chi connectivity index (χ0n) is 17.3. The van der Waals surface area contributed by atoms with Crippen molar-refractivity contribution in [2.24, 2.45) is 5.73 Å². The summed E-state index contributed by atoms with van der Waals surface area (Å²) in [6, 6.07) is 15.1. The van der Waals surface area contributed by atoms with Crippen LogP contribution in [-0.4, -0.2) is 29.6 Å². The number of nitrogens with two attached hydrogens (primary N) is 1. The van der Waals surface area contributed by atoms with E-state index in [1.165, 1.54) is 0 Å². The standard InChI is InChI=1S/C22H27N3O5/c1-22(2,3)30-21(28)25-18(13-14-19(23)26)20(27)24-15-9-11-17(12-10-15)29-16-7-5-4-6-8-16/h4-12,18H,13-14H2,1-3H3,(H2,23,26)(H,24,27)(H,25,28). The smallest absolute Gasteiger partial charge is 0.408 e. The van der Waals surface area contributed by atoms with Gasteiger partial charge in [-0.05, 0) is 63.6 Å². The second-order valence-electron chi connectivity index (χ2n) is 7.63. The van der Waals surface area contributed by atoms with Gasteiger partial charge < -0.3 is 25.8 Å². The molecule has 0 aromatic heterocycles. The predicted molar refractivity (Wildman–Crippen MR) is 113 cm³/mol. The van der Waals surface area contributed by atoms with Gasteiger partial charge in [0.25, 0.3) is 0 Å². The Bertz CT molecular complexity index is 861. The molecule has 0 bridgehead atoms. The van der Waals surface area contributed by atoms with Crippen LogP contribution in [0.1, 0.15) is 33.6 Å². The van der Waals surface area contributed by atoms with Crippen molar-refractivity contribution in [1.29, 1.82) is 0 Å². The lowest BCUT2D eigenvalue weighted by Crippen LogP contribution is -2.46. The van der Waals surface area contributed by atoms with Crippen molar-refractivity contribution in [2.45, 2.75) is 45.3 Å². The van der Waals surface area contributed by atoms with E-state index in [1.807, 2.05) is 30.3 Å². The number of anilines is 1. The molecule has 8 heteroatoms. The summed E-state index contributed by atoms with van der Waals surface area (Å²) in [6.07, 6.45) is -0.758. The van der Waals surface area contributed by atoms with Gasteiger partial charge in [-0.1, -0.05) is 18.2 Å². The molecule has 0 radical (unpaired) electrons. The average molecular weight is 413 g/mol. The second kappa shape index (κ2) is 10.3. The van der Waals surface area contributed by atoms with Crippen molar-refractivity contribution in [1.82, 2.24) is 5.32 Å². The Morgan fingerprint density at radius 3 is 2.13 bits per heavy atom. The van der Waals surface area contributed by atoms with E-state index in [1.54, 1.807) is 45.0 Å². The molecule has 0 fully saturated rings. The number of hydrogen-bond donors (Lipinski definition) is 3. The normalized spacial score (nSPS) is 11.8. The van der Waals surface area contributed by atoms with E-state index in [0.717, 1.165) is 0 Å². The van der Waals surface area contributed by atoms with Crippen LogP contribution in [0.15, 0.2) is 54.6 Å². The Labute approximate surface area is 175 Å². The number of benzene rings is 2. The van der Waals surface area contributed by atoms with E-state index >= 15 is 0 Å². The predicted octanol–water partition coefficient (Wildman–Crippen LogP) is 3.58. The lowest BCUT2D eigenvalue weighted by atomic mass is 10.1. The van der Waals surface area contributed by atoms with E-state index in [9.17, 15) is 14.4 Å². The van der Waals surface area contributed by atoms with Crippen molar-refractivity contribution in [3.8, 4) is 11.5 Å². The Kier molecular flexibility index (Phi) is 7.80. The summed E-state index contributed by atoms with van der Waals surface area (Å²) in [6.45, 7) is 5.14. The van der Waals surface area contributed by atoms with Crippen LogP contribution in [0, 0.1) is 0 Å². The SMILES string of the molecule is CC(C)(C)OC(=O)NC(CCC(N)=O)C(=O)Nc1ccc(Oc2ccccc2)cc1. The number of alkyl carbamates (subject to hydrolysis) is 1. The van der Waals surface area contributed by atoms with Gasteiger partial charge >= 0.3 is 6.09 Å². The Balaban J connectivity index is 2.00. The highest BCUT2D eigenvalue weighted by Crippen LogP contribution is 2.22. The molecule has 2 aromatic carbocycles. The topological polar surface area (TPSA) is 120 Å². The summed E-state index contributed by atoms with van der Waals surface area (Å²) in [5.41, 5.74) is 4.97. The molecule has 0 saturated carbocycles. The average Bonchev–Trinajstić information content (AvgIpc) is 2.66. The molecule has 0 aliphatic carbocycles. The molecular formula is C22H27N3O5. The van der Waals surface area contributed by atoms with Gasteiger partial charge in [0, 0.05) is 12.1 Å². The summed E-state index contributed by atoms with van der Waals surface area (Å²) in [5.74, 6) is 0.249. The molecule has 3 amide bonds. The van der Waals surface area contributed by atoms with Crippen LogP contribution in [0.4, 0.5) is 10.5 Å². The molecule has 0 saturated heterocycles. The van der Waals surface area contributed by atoms with E-state index in [2.05, 4.69) is 10.6 Å². The number of primary amides is 1. The summed E-state index contributed by atoms with van der Waals surface area (Å²) in [7, 11) is 0. The number of amides is 3. The van der Waals surface area contributed by atoms with Gasteiger partial charge in [0.1, 0.15) is 23.1 Å². The molecular weight excluding hydrogens is 386 g/mol. The number of rotatable bonds is 8. The number of ether oxygens (including phenoxy) is 2. The van der Waals surface area contributed by atoms with Crippen molar-refractivity contribution in [3.63, 3.8) is 0 Å². The molecule has 1 atom stereocenters. The van der Waals surface area contributed by atoms with Crippen molar-refractivity contribution in [3.05, 3.63) is 54.6 Å². The van der Waals surface area contributed by atoms with Crippen LogP contribution < -0.4 is 21.1 Å². The second-order valence-corrected chi connectivity index (χ2v) is 7.63. The highest BCUT2D eigenvalue weighted by atomic mass is 16.6. The molecule has 0 aliphatic heterocycles. The fourth-order valence-electron chi connectivity index (χ4n) is 2.47. The van der Waals surface area contributed by atoms with Crippen molar-refractivity contribution in [2.75, 3.05) is 5.32 Å². The molecule has 2 rings (SSSR count). The summed E-state index contributed by atoms with van der Waals surface area (Å²) >= 11 is 0. The molecule has 1 unspecified atom stereocenters. The van der Waals surface area contributed by atoms with Gasteiger partial charge in [0.2, 0.25) is 11.8 Å². The molecule has 0 heterocycles. The summed E-state index contributed by atoms with van der Waals surface area (Å²) < 4.78 is 10.9. The largest absolute Gasteiger partial charge is 0.457 e. The third-order valence-corrected chi connectivity index (χ3v) is 3.79.